The minimum atomic E-state index is -1.09. The van der Waals surface area contributed by atoms with Gasteiger partial charge in [0.05, 0.1) is 0 Å². The average molecular weight is 414 g/mol. The molecule has 1 heterocycles. The van der Waals surface area contributed by atoms with E-state index in [1.807, 2.05) is 31.2 Å². The Kier molecular flexibility index (Phi) is 5.80. The second-order valence-corrected chi connectivity index (χ2v) is 7.36. The maximum atomic E-state index is 12.2. The largest absolute Gasteiger partial charge is 0.476 e. The number of aromatic carboxylic acids is 1. The predicted octanol–water partition coefficient (Wildman–Crippen LogP) is 4.64. The van der Waals surface area contributed by atoms with Gasteiger partial charge in [-0.1, -0.05) is 60.7 Å². The van der Waals surface area contributed by atoms with Crippen molar-refractivity contribution in [1.82, 2.24) is 10.3 Å². The van der Waals surface area contributed by atoms with Crippen molar-refractivity contribution in [3.63, 3.8) is 0 Å². The third kappa shape index (κ3) is 4.33. The fourth-order valence-electron chi connectivity index (χ4n) is 3.88. The minimum absolute atomic E-state index is 0.00480. The second-order valence-electron chi connectivity index (χ2n) is 7.36. The summed E-state index contributed by atoms with van der Waals surface area (Å²) in [6, 6.07) is 18.1. The van der Waals surface area contributed by atoms with E-state index in [1.165, 1.54) is 17.3 Å². The number of carboxylic acids is 1. The molecule has 2 aromatic carbocycles. The Bertz CT molecular complexity index is 1120. The number of hydrogen-bond acceptors (Lipinski definition) is 4. The van der Waals surface area contributed by atoms with Crippen LogP contribution in [-0.2, 0) is 4.74 Å². The molecule has 3 aromatic rings. The molecule has 1 aliphatic rings. The number of benzene rings is 2. The molecule has 6 heteroatoms. The number of rotatable bonds is 6. The van der Waals surface area contributed by atoms with Crippen LogP contribution in [0.15, 0.2) is 66.9 Å². The first-order valence-electron chi connectivity index (χ1n) is 10.00. The highest BCUT2D eigenvalue weighted by atomic mass is 16.5. The molecule has 0 saturated carbocycles. The lowest BCUT2D eigenvalue weighted by molar-refractivity contribution is 0.0690. The fourth-order valence-corrected chi connectivity index (χ4v) is 3.88. The van der Waals surface area contributed by atoms with E-state index in [0.717, 1.165) is 16.7 Å². The summed E-state index contributed by atoms with van der Waals surface area (Å²) < 4.78 is 5.48. The first kappa shape index (κ1) is 20.3. The van der Waals surface area contributed by atoms with Gasteiger partial charge in [-0.2, -0.15) is 0 Å². The molecule has 0 spiro atoms. The lowest BCUT2D eigenvalue weighted by Gasteiger charge is -2.14. The normalized spacial score (nSPS) is 12.4. The van der Waals surface area contributed by atoms with Crippen LogP contribution in [0.3, 0.4) is 0 Å². The number of amides is 1. The van der Waals surface area contributed by atoms with Gasteiger partial charge in [0.1, 0.15) is 6.61 Å². The molecule has 0 bridgehead atoms. The van der Waals surface area contributed by atoms with Gasteiger partial charge in [-0.15, -0.1) is 0 Å². The van der Waals surface area contributed by atoms with Gasteiger partial charge in [0.2, 0.25) is 0 Å². The summed E-state index contributed by atoms with van der Waals surface area (Å²) in [4.78, 5) is 27.4. The van der Waals surface area contributed by atoms with E-state index < -0.39 is 12.1 Å². The molecule has 4 rings (SSSR count). The molecule has 1 amide bonds. The van der Waals surface area contributed by atoms with Gasteiger partial charge in [0.25, 0.3) is 0 Å². The average Bonchev–Trinajstić information content (AvgIpc) is 3.09. The van der Waals surface area contributed by atoms with Crippen LogP contribution in [0, 0.1) is 6.92 Å². The number of ether oxygens (including phenoxy) is 1. The number of fused-ring (bicyclic) bond motifs is 3. The zero-order chi connectivity index (χ0) is 21.8. The molecular formula is C25H22N2O4. The molecule has 1 aromatic heterocycles. The van der Waals surface area contributed by atoms with Crippen molar-refractivity contribution in [2.45, 2.75) is 12.8 Å². The molecular weight excluding hydrogens is 392 g/mol. The van der Waals surface area contributed by atoms with E-state index in [-0.39, 0.29) is 24.8 Å². The third-order valence-corrected chi connectivity index (χ3v) is 5.26. The summed E-state index contributed by atoms with van der Waals surface area (Å²) in [6.07, 6.45) is 4.29. The zero-order valence-corrected chi connectivity index (χ0v) is 17.0. The van der Waals surface area contributed by atoms with Gasteiger partial charge in [-0.05, 0) is 40.8 Å². The van der Waals surface area contributed by atoms with E-state index in [2.05, 4.69) is 34.6 Å². The molecule has 0 saturated heterocycles. The van der Waals surface area contributed by atoms with E-state index in [0.29, 0.717) is 5.56 Å². The fraction of sp³-hybridized carbons (Fsp3) is 0.160. The van der Waals surface area contributed by atoms with Crippen LogP contribution in [0.2, 0.25) is 0 Å². The number of carboxylic acid groups (broad SMARTS) is 1. The molecule has 1 aliphatic carbocycles. The van der Waals surface area contributed by atoms with Crippen LogP contribution >= 0.6 is 0 Å². The highest BCUT2D eigenvalue weighted by Crippen LogP contribution is 2.44. The van der Waals surface area contributed by atoms with Crippen molar-refractivity contribution in [1.29, 1.82) is 0 Å². The van der Waals surface area contributed by atoms with E-state index >= 15 is 0 Å². The van der Waals surface area contributed by atoms with Gasteiger partial charge < -0.3 is 15.2 Å². The number of nitrogens with zero attached hydrogens (tertiary/aromatic N) is 1. The number of carbonyl (C=O) groups excluding carboxylic acids is 1. The van der Waals surface area contributed by atoms with E-state index in [4.69, 9.17) is 4.74 Å². The first-order valence-corrected chi connectivity index (χ1v) is 10.00. The molecule has 156 valence electrons. The van der Waals surface area contributed by atoms with Crippen molar-refractivity contribution in [2.75, 3.05) is 13.2 Å². The first-order chi connectivity index (χ1) is 15.0. The summed E-state index contributed by atoms with van der Waals surface area (Å²) >= 11 is 0. The lowest BCUT2D eigenvalue weighted by Crippen LogP contribution is -2.26. The number of aromatic nitrogens is 1. The standard InChI is InChI=1S/C25H22N2O4/c1-16-13-17(23(24(28)29)27-14-16)7-6-12-26-25(30)31-15-22-20-10-4-2-8-18(20)19-9-3-5-11-21(19)22/h2-11,13-14,22H,12,15H2,1H3,(H,26,30)(H,28,29). The van der Waals surface area contributed by atoms with Crippen molar-refractivity contribution in [2.24, 2.45) is 0 Å². The Morgan fingerprint density at radius 1 is 1.10 bits per heavy atom. The maximum absolute atomic E-state index is 12.2. The maximum Gasteiger partial charge on any atom is 0.407 e. The number of carbonyl (C=O) groups is 2. The van der Waals surface area contributed by atoms with Gasteiger partial charge in [0, 0.05) is 24.2 Å². The number of nitrogens with one attached hydrogen (secondary N) is 1. The second kappa shape index (κ2) is 8.83. The van der Waals surface area contributed by atoms with Crippen LogP contribution in [-0.4, -0.2) is 35.3 Å². The van der Waals surface area contributed by atoms with Crippen LogP contribution < -0.4 is 5.32 Å². The highest BCUT2D eigenvalue weighted by Gasteiger charge is 2.28. The molecule has 0 radical (unpaired) electrons. The van der Waals surface area contributed by atoms with Gasteiger partial charge in [0.15, 0.2) is 5.69 Å². The Labute approximate surface area is 180 Å². The SMILES string of the molecule is Cc1cnc(C(=O)O)c(C=CCNC(=O)OCC2c3ccccc3-c3ccccc32)c1. The van der Waals surface area contributed by atoms with Crippen molar-refractivity contribution < 1.29 is 19.4 Å². The summed E-state index contributed by atoms with van der Waals surface area (Å²) in [5, 5.41) is 11.9. The third-order valence-electron chi connectivity index (χ3n) is 5.26. The van der Waals surface area contributed by atoms with Gasteiger partial charge >= 0.3 is 12.1 Å². The molecule has 0 aliphatic heterocycles. The molecule has 2 N–H and O–H groups in total. The zero-order valence-electron chi connectivity index (χ0n) is 17.0. The van der Waals surface area contributed by atoms with Crippen molar-refractivity contribution >= 4 is 18.1 Å². The van der Waals surface area contributed by atoms with Crippen LogP contribution in [0.4, 0.5) is 4.79 Å². The predicted molar refractivity (Wildman–Crippen MR) is 118 cm³/mol. The van der Waals surface area contributed by atoms with Crippen LogP contribution in [0.1, 0.15) is 38.7 Å². The van der Waals surface area contributed by atoms with Crippen molar-refractivity contribution in [3.05, 3.63) is 94.8 Å². The Morgan fingerprint density at radius 2 is 1.74 bits per heavy atom. The summed E-state index contributed by atoms with van der Waals surface area (Å²) in [6.45, 7) is 2.29. The van der Waals surface area contributed by atoms with Gasteiger partial charge in [-0.3, -0.25) is 0 Å². The molecule has 0 unspecified atom stereocenters. The van der Waals surface area contributed by atoms with Crippen LogP contribution in [0.25, 0.3) is 17.2 Å². The Morgan fingerprint density at radius 3 is 2.39 bits per heavy atom. The topological polar surface area (TPSA) is 88.5 Å². The molecule has 0 atom stereocenters. The summed E-state index contributed by atoms with van der Waals surface area (Å²) in [7, 11) is 0. The summed E-state index contributed by atoms with van der Waals surface area (Å²) in [5.74, 6) is -1.09. The number of aryl methyl sites for hydroxylation is 1. The summed E-state index contributed by atoms with van der Waals surface area (Å²) in [5.41, 5.74) is 5.99. The lowest BCUT2D eigenvalue weighted by atomic mass is 9.98. The van der Waals surface area contributed by atoms with Gasteiger partial charge in [-0.25, -0.2) is 14.6 Å². The van der Waals surface area contributed by atoms with E-state index in [1.54, 1.807) is 18.2 Å². The molecule has 0 fully saturated rings. The minimum Gasteiger partial charge on any atom is -0.476 e. The Balaban J connectivity index is 1.35. The number of alkyl carbamates (subject to hydrolysis) is 1. The molecule has 31 heavy (non-hydrogen) atoms. The number of hydrogen-bond donors (Lipinski definition) is 2. The quantitative estimate of drug-likeness (QED) is 0.613. The van der Waals surface area contributed by atoms with E-state index in [9.17, 15) is 14.7 Å². The Hall–Kier alpha value is -3.93. The van der Waals surface area contributed by atoms with Crippen LogP contribution in [0.5, 0.6) is 0 Å². The molecule has 6 nitrogen and oxygen atoms in total. The number of pyridine rings is 1. The smallest absolute Gasteiger partial charge is 0.407 e. The highest BCUT2D eigenvalue weighted by molar-refractivity contribution is 5.90. The monoisotopic (exact) mass is 414 g/mol. The van der Waals surface area contributed by atoms with Crippen molar-refractivity contribution in [3.8, 4) is 11.1 Å².